The summed E-state index contributed by atoms with van der Waals surface area (Å²) in [6, 6.07) is 5.96. The molecule has 1 saturated heterocycles. The minimum absolute atomic E-state index is 0.127. The number of ether oxygens (including phenoxy) is 2. The Labute approximate surface area is 151 Å². The standard InChI is InChI=1S/C19H24N2O3S/c1-2-23-15-9-4-10-16-17(15)20-19(25-16)21(12-14-8-5-11-24-14)18(22)13-6-3-7-13/h4,9-10,13-14H,2-3,5-8,11-12H2,1H3. The minimum Gasteiger partial charge on any atom is -0.492 e. The third kappa shape index (κ3) is 3.37. The fourth-order valence-electron chi connectivity index (χ4n) is 3.43. The molecular formula is C19H24N2O3S. The van der Waals surface area contributed by atoms with Crippen LogP contribution in [0.1, 0.15) is 39.0 Å². The van der Waals surface area contributed by atoms with E-state index < -0.39 is 0 Å². The molecule has 1 aliphatic heterocycles. The molecule has 0 radical (unpaired) electrons. The van der Waals surface area contributed by atoms with Crippen LogP contribution in [0.5, 0.6) is 5.75 Å². The van der Waals surface area contributed by atoms with Gasteiger partial charge < -0.3 is 9.47 Å². The first-order chi connectivity index (χ1) is 12.3. The lowest BCUT2D eigenvalue weighted by atomic mass is 9.84. The zero-order valence-electron chi connectivity index (χ0n) is 14.6. The van der Waals surface area contributed by atoms with Gasteiger partial charge >= 0.3 is 0 Å². The van der Waals surface area contributed by atoms with Gasteiger partial charge in [-0.1, -0.05) is 23.8 Å². The molecule has 0 bridgehead atoms. The number of hydrogen-bond donors (Lipinski definition) is 0. The van der Waals surface area contributed by atoms with Gasteiger partial charge in [-0.05, 0) is 44.7 Å². The van der Waals surface area contributed by atoms with Crippen molar-refractivity contribution >= 4 is 32.6 Å². The van der Waals surface area contributed by atoms with Crippen LogP contribution in [-0.4, -0.2) is 36.8 Å². The number of nitrogens with zero attached hydrogens (tertiary/aromatic N) is 2. The van der Waals surface area contributed by atoms with Crippen LogP contribution in [0, 0.1) is 5.92 Å². The van der Waals surface area contributed by atoms with Crippen LogP contribution < -0.4 is 9.64 Å². The molecule has 0 spiro atoms. The van der Waals surface area contributed by atoms with Crippen molar-refractivity contribution in [3.63, 3.8) is 0 Å². The monoisotopic (exact) mass is 360 g/mol. The first-order valence-electron chi connectivity index (χ1n) is 9.21. The van der Waals surface area contributed by atoms with Crippen molar-refractivity contribution in [2.24, 2.45) is 5.92 Å². The summed E-state index contributed by atoms with van der Waals surface area (Å²) in [7, 11) is 0. The lowest BCUT2D eigenvalue weighted by Crippen LogP contribution is -2.43. The number of amides is 1. The number of benzene rings is 1. The zero-order chi connectivity index (χ0) is 17.2. The van der Waals surface area contributed by atoms with Crippen molar-refractivity contribution < 1.29 is 14.3 Å². The Bertz CT molecular complexity index is 750. The molecule has 1 amide bonds. The molecule has 4 rings (SSSR count). The molecular weight excluding hydrogens is 336 g/mol. The molecule has 2 fully saturated rings. The molecule has 1 aromatic heterocycles. The van der Waals surface area contributed by atoms with Crippen LogP contribution in [0.25, 0.3) is 10.2 Å². The number of aromatic nitrogens is 1. The molecule has 1 aliphatic carbocycles. The fraction of sp³-hybridized carbons (Fsp3) is 0.579. The van der Waals surface area contributed by atoms with Crippen molar-refractivity contribution in [1.29, 1.82) is 0 Å². The molecule has 134 valence electrons. The molecule has 1 aromatic carbocycles. The van der Waals surface area contributed by atoms with Crippen molar-refractivity contribution in [1.82, 2.24) is 4.98 Å². The summed E-state index contributed by atoms with van der Waals surface area (Å²) >= 11 is 1.57. The van der Waals surface area contributed by atoms with E-state index in [0.717, 1.165) is 59.8 Å². The van der Waals surface area contributed by atoms with E-state index >= 15 is 0 Å². The van der Waals surface area contributed by atoms with Crippen LogP contribution in [0.4, 0.5) is 5.13 Å². The van der Waals surface area contributed by atoms with E-state index in [4.69, 9.17) is 14.5 Å². The van der Waals surface area contributed by atoms with Gasteiger partial charge in [0.15, 0.2) is 5.13 Å². The summed E-state index contributed by atoms with van der Waals surface area (Å²) in [6.45, 7) is 3.98. The number of carbonyl (C=O) groups excluding carboxylic acids is 1. The first-order valence-corrected chi connectivity index (χ1v) is 10.0. The molecule has 1 unspecified atom stereocenters. The van der Waals surface area contributed by atoms with Crippen molar-refractivity contribution in [2.75, 3.05) is 24.7 Å². The molecule has 1 atom stereocenters. The second kappa shape index (κ2) is 7.30. The maximum Gasteiger partial charge on any atom is 0.231 e. The van der Waals surface area contributed by atoms with Crippen LogP contribution in [-0.2, 0) is 9.53 Å². The SMILES string of the molecule is CCOc1cccc2sc(N(CC3CCCO3)C(=O)C3CCC3)nc12. The number of hydrogen-bond acceptors (Lipinski definition) is 5. The van der Waals surface area contributed by atoms with Gasteiger partial charge in [-0.15, -0.1) is 0 Å². The molecule has 1 saturated carbocycles. The van der Waals surface area contributed by atoms with Crippen molar-refractivity contribution in [2.45, 2.75) is 45.1 Å². The van der Waals surface area contributed by atoms with Gasteiger partial charge in [-0.2, -0.15) is 0 Å². The Morgan fingerprint density at radius 2 is 2.24 bits per heavy atom. The third-order valence-electron chi connectivity index (χ3n) is 5.03. The van der Waals surface area contributed by atoms with Gasteiger partial charge in [-0.25, -0.2) is 4.98 Å². The lowest BCUT2D eigenvalue weighted by Gasteiger charge is -2.31. The Morgan fingerprint density at radius 1 is 1.36 bits per heavy atom. The Kier molecular flexibility index (Phi) is 4.90. The molecule has 5 nitrogen and oxygen atoms in total. The van der Waals surface area contributed by atoms with Gasteiger partial charge in [0.05, 0.1) is 24.0 Å². The van der Waals surface area contributed by atoms with E-state index in [1.54, 1.807) is 11.3 Å². The predicted octanol–water partition coefficient (Wildman–Crippen LogP) is 4.01. The average Bonchev–Trinajstić information content (AvgIpc) is 3.20. The highest BCUT2D eigenvalue weighted by atomic mass is 32.1. The van der Waals surface area contributed by atoms with Crippen LogP contribution in [0.2, 0.25) is 0 Å². The van der Waals surface area contributed by atoms with Gasteiger partial charge in [0.25, 0.3) is 0 Å². The van der Waals surface area contributed by atoms with Crippen molar-refractivity contribution in [3.05, 3.63) is 18.2 Å². The highest BCUT2D eigenvalue weighted by Gasteiger charge is 2.34. The van der Waals surface area contributed by atoms with E-state index in [1.807, 2.05) is 30.0 Å². The molecule has 6 heteroatoms. The quantitative estimate of drug-likeness (QED) is 0.781. The summed E-state index contributed by atoms with van der Waals surface area (Å²) in [6.07, 6.45) is 5.36. The maximum absolute atomic E-state index is 13.0. The number of fused-ring (bicyclic) bond motifs is 1. The van der Waals surface area contributed by atoms with Crippen LogP contribution in [0.3, 0.4) is 0 Å². The van der Waals surface area contributed by atoms with Gasteiger partial charge in [-0.3, -0.25) is 9.69 Å². The van der Waals surface area contributed by atoms with E-state index in [1.165, 1.54) is 0 Å². The zero-order valence-corrected chi connectivity index (χ0v) is 15.4. The highest BCUT2D eigenvalue weighted by molar-refractivity contribution is 7.22. The van der Waals surface area contributed by atoms with Crippen LogP contribution in [0.15, 0.2) is 18.2 Å². The Balaban J connectivity index is 1.66. The van der Waals surface area contributed by atoms with E-state index in [0.29, 0.717) is 13.2 Å². The second-order valence-electron chi connectivity index (χ2n) is 6.74. The second-order valence-corrected chi connectivity index (χ2v) is 7.75. The summed E-state index contributed by atoms with van der Waals surface area (Å²) in [4.78, 5) is 19.7. The Hall–Kier alpha value is -1.66. The van der Waals surface area contributed by atoms with Gasteiger partial charge in [0.2, 0.25) is 5.91 Å². The van der Waals surface area contributed by atoms with E-state index in [9.17, 15) is 4.79 Å². The maximum atomic E-state index is 13.0. The smallest absolute Gasteiger partial charge is 0.231 e. The third-order valence-corrected chi connectivity index (χ3v) is 6.08. The lowest BCUT2D eigenvalue weighted by molar-refractivity contribution is -0.125. The average molecular weight is 360 g/mol. The summed E-state index contributed by atoms with van der Waals surface area (Å²) < 4.78 is 12.5. The topological polar surface area (TPSA) is 51.7 Å². The number of carbonyl (C=O) groups is 1. The molecule has 25 heavy (non-hydrogen) atoms. The fourth-order valence-corrected chi connectivity index (χ4v) is 4.43. The highest BCUT2D eigenvalue weighted by Crippen LogP contribution is 2.37. The van der Waals surface area contributed by atoms with Crippen molar-refractivity contribution in [3.8, 4) is 5.75 Å². The van der Waals surface area contributed by atoms with E-state index in [-0.39, 0.29) is 17.9 Å². The first kappa shape index (κ1) is 16.8. The normalized spacial score (nSPS) is 20.6. The predicted molar refractivity (Wildman–Crippen MR) is 99.5 cm³/mol. The molecule has 2 heterocycles. The number of thiazole rings is 1. The largest absolute Gasteiger partial charge is 0.492 e. The molecule has 0 N–H and O–H groups in total. The number of anilines is 1. The van der Waals surface area contributed by atoms with Crippen LogP contribution >= 0.6 is 11.3 Å². The van der Waals surface area contributed by atoms with Gasteiger partial charge in [0.1, 0.15) is 11.3 Å². The van der Waals surface area contributed by atoms with E-state index in [2.05, 4.69) is 0 Å². The summed E-state index contributed by atoms with van der Waals surface area (Å²) in [5.41, 5.74) is 0.850. The number of para-hydroxylation sites is 1. The molecule has 2 aromatic rings. The summed E-state index contributed by atoms with van der Waals surface area (Å²) in [5, 5.41) is 0.773. The number of rotatable bonds is 6. The van der Waals surface area contributed by atoms with Gasteiger partial charge in [0, 0.05) is 12.5 Å². The molecule has 2 aliphatic rings. The minimum atomic E-state index is 0.127. The Morgan fingerprint density at radius 3 is 2.92 bits per heavy atom. The summed E-state index contributed by atoms with van der Waals surface area (Å²) in [5.74, 6) is 1.15.